The van der Waals surface area contributed by atoms with Gasteiger partial charge >= 0.3 is 0 Å². The van der Waals surface area contributed by atoms with Crippen LogP contribution in [0.1, 0.15) is 61.3 Å². The smallest absolute Gasteiger partial charge is 0.0127 e. The van der Waals surface area contributed by atoms with Gasteiger partial charge in [-0.3, -0.25) is 4.90 Å². The van der Waals surface area contributed by atoms with Crippen molar-refractivity contribution in [2.24, 2.45) is 5.41 Å². The monoisotopic (exact) mass is 240 g/mol. The lowest BCUT2D eigenvalue weighted by molar-refractivity contribution is 0.0939. The first-order valence-electron chi connectivity index (χ1n) is 7.12. The van der Waals surface area contributed by atoms with E-state index < -0.39 is 0 Å². The van der Waals surface area contributed by atoms with Crippen molar-refractivity contribution in [2.75, 3.05) is 13.1 Å². The summed E-state index contributed by atoms with van der Waals surface area (Å²) < 4.78 is 0. The molecule has 0 radical (unpaired) electrons. The molecule has 0 aliphatic carbocycles. The highest BCUT2D eigenvalue weighted by atomic mass is 15.2. The first-order valence-corrected chi connectivity index (χ1v) is 7.12. The summed E-state index contributed by atoms with van der Waals surface area (Å²) in [4.78, 5) is 2.61. The highest BCUT2D eigenvalue weighted by molar-refractivity contribution is 4.89. The normalized spacial score (nSPS) is 24.9. The van der Waals surface area contributed by atoms with Crippen molar-refractivity contribution in [3.8, 4) is 0 Å². The molecule has 1 heterocycles. The van der Waals surface area contributed by atoms with Crippen LogP contribution in [-0.2, 0) is 0 Å². The van der Waals surface area contributed by atoms with E-state index in [0.29, 0.717) is 17.5 Å². The van der Waals surface area contributed by atoms with E-state index in [1.807, 2.05) is 0 Å². The molecule has 0 aromatic heterocycles. The van der Waals surface area contributed by atoms with Crippen LogP contribution < -0.4 is 5.32 Å². The number of hydrogen-bond acceptors (Lipinski definition) is 2. The van der Waals surface area contributed by atoms with Gasteiger partial charge in [-0.1, -0.05) is 13.8 Å². The summed E-state index contributed by atoms with van der Waals surface area (Å²) in [6.45, 7) is 18.7. The summed E-state index contributed by atoms with van der Waals surface area (Å²) in [7, 11) is 0. The Morgan fingerprint density at radius 3 is 2.24 bits per heavy atom. The fourth-order valence-corrected chi connectivity index (χ4v) is 3.10. The minimum Gasteiger partial charge on any atom is -0.313 e. The van der Waals surface area contributed by atoms with Crippen LogP contribution >= 0.6 is 0 Å². The van der Waals surface area contributed by atoms with E-state index in [-0.39, 0.29) is 5.54 Å². The van der Waals surface area contributed by atoms with Gasteiger partial charge in [-0.2, -0.15) is 0 Å². The van der Waals surface area contributed by atoms with Crippen molar-refractivity contribution in [1.29, 1.82) is 0 Å². The molecule has 0 bridgehead atoms. The van der Waals surface area contributed by atoms with Gasteiger partial charge in [0.15, 0.2) is 0 Å². The number of nitrogens with one attached hydrogen (secondary N) is 1. The highest BCUT2D eigenvalue weighted by Crippen LogP contribution is 2.29. The van der Waals surface area contributed by atoms with Gasteiger partial charge in [0.05, 0.1) is 0 Å². The molecule has 0 aromatic rings. The zero-order valence-electron chi connectivity index (χ0n) is 12.9. The van der Waals surface area contributed by atoms with Crippen LogP contribution in [0.4, 0.5) is 0 Å². The van der Waals surface area contributed by atoms with Crippen molar-refractivity contribution < 1.29 is 0 Å². The molecule has 1 aliphatic rings. The van der Waals surface area contributed by atoms with E-state index in [0.717, 1.165) is 0 Å². The Hall–Kier alpha value is -0.0800. The third-order valence-electron chi connectivity index (χ3n) is 3.87. The second-order valence-corrected chi connectivity index (χ2v) is 7.69. The molecule has 2 heteroatoms. The molecule has 0 aromatic carbocycles. The SMILES string of the molecule is CC(C)N(CCC1CC(C)(C)CN1)C(C)(C)C. The summed E-state index contributed by atoms with van der Waals surface area (Å²) >= 11 is 0. The maximum atomic E-state index is 3.67. The average Bonchev–Trinajstić information content (AvgIpc) is 2.42. The zero-order chi connectivity index (χ0) is 13.3. The van der Waals surface area contributed by atoms with Crippen molar-refractivity contribution in [2.45, 2.75) is 78.9 Å². The highest BCUT2D eigenvalue weighted by Gasteiger charge is 2.31. The lowest BCUT2D eigenvalue weighted by Gasteiger charge is -2.39. The predicted octanol–water partition coefficient (Wildman–Crippen LogP) is 3.27. The first kappa shape index (κ1) is 15.0. The topological polar surface area (TPSA) is 15.3 Å². The summed E-state index contributed by atoms with van der Waals surface area (Å²) in [5.41, 5.74) is 0.775. The quantitative estimate of drug-likeness (QED) is 0.811. The molecule has 2 nitrogen and oxygen atoms in total. The molecule has 0 amide bonds. The number of rotatable bonds is 4. The van der Waals surface area contributed by atoms with Crippen LogP contribution in [-0.4, -0.2) is 35.6 Å². The minimum absolute atomic E-state index is 0.280. The first-order chi connectivity index (χ1) is 7.62. The number of hydrogen-bond donors (Lipinski definition) is 1. The van der Waals surface area contributed by atoms with Crippen LogP contribution in [0.2, 0.25) is 0 Å². The third kappa shape index (κ3) is 4.59. The van der Waals surface area contributed by atoms with Crippen molar-refractivity contribution >= 4 is 0 Å². The Morgan fingerprint density at radius 2 is 1.88 bits per heavy atom. The molecule has 102 valence electrons. The van der Waals surface area contributed by atoms with Crippen LogP contribution in [0.25, 0.3) is 0 Å². The summed E-state index contributed by atoms with van der Waals surface area (Å²) in [5, 5.41) is 3.67. The lowest BCUT2D eigenvalue weighted by Crippen LogP contribution is -2.47. The van der Waals surface area contributed by atoms with Gasteiger partial charge < -0.3 is 5.32 Å². The van der Waals surface area contributed by atoms with Crippen molar-refractivity contribution in [1.82, 2.24) is 10.2 Å². The Labute approximate surface area is 108 Å². The predicted molar refractivity (Wildman–Crippen MR) is 76.4 cm³/mol. The summed E-state index contributed by atoms with van der Waals surface area (Å²) in [6.07, 6.45) is 2.60. The summed E-state index contributed by atoms with van der Waals surface area (Å²) in [5.74, 6) is 0. The maximum absolute atomic E-state index is 3.67. The van der Waals surface area contributed by atoms with E-state index in [4.69, 9.17) is 0 Å². The minimum atomic E-state index is 0.280. The Balaban J connectivity index is 2.44. The van der Waals surface area contributed by atoms with Crippen LogP contribution in [0.15, 0.2) is 0 Å². The van der Waals surface area contributed by atoms with Crippen LogP contribution in [0, 0.1) is 5.41 Å². The van der Waals surface area contributed by atoms with Gasteiger partial charge in [0.25, 0.3) is 0 Å². The van der Waals surface area contributed by atoms with Crippen LogP contribution in [0.5, 0.6) is 0 Å². The fourth-order valence-electron chi connectivity index (χ4n) is 3.10. The van der Waals surface area contributed by atoms with Crippen LogP contribution in [0.3, 0.4) is 0 Å². The average molecular weight is 240 g/mol. The summed E-state index contributed by atoms with van der Waals surface area (Å²) in [6, 6.07) is 1.35. The molecule has 17 heavy (non-hydrogen) atoms. The molecule has 1 fully saturated rings. The van der Waals surface area contributed by atoms with Gasteiger partial charge in [0.2, 0.25) is 0 Å². The van der Waals surface area contributed by atoms with E-state index in [9.17, 15) is 0 Å². The molecule has 1 saturated heterocycles. The van der Waals surface area contributed by atoms with Gasteiger partial charge in [0, 0.05) is 30.7 Å². The fraction of sp³-hybridized carbons (Fsp3) is 1.00. The standard InChI is InChI=1S/C15H32N2/c1-12(2)17(14(3,4)5)9-8-13-10-15(6,7)11-16-13/h12-13,16H,8-11H2,1-7H3. The molecular weight excluding hydrogens is 208 g/mol. The maximum Gasteiger partial charge on any atom is 0.0127 e. The van der Waals surface area contributed by atoms with E-state index in [2.05, 4.69) is 58.7 Å². The van der Waals surface area contributed by atoms with E-state index in [1.54, 1.807) is 0 Å². The Kier molecular flexibility index (Phi) is 4.65. The van der Waals surface area contributed by atoms with Gasteiger partial charge in [-0.15, -0.1) is 0 Å². The molecular formula is C15H32N2. The second-order valence-electron chi connectivity index (χ2n) is 7.69. The van der Waals surface area contributed by atoms with Gasteiger partial charge in [-0.05, 0) is 52.9 Å². The molecule has 0 spiro atoms. The second kappa shape index (κ2) is 5.27. The molecule has 0 saturated carbocycles. The molecule has 1 atom stereocenters. The molecule has 1 rings (SSSR count). The molecule has 1 N–H and O–H groups in total. The van der Waals surface area contributed by atoms with Crippen molar-refractivity contribution in [3.63, 3.8) is 0 Å². The molecule has 1 aliphatic heterocycles. The zero-order valence-corrected chi connectivity index (χ0v) is 12.9. The van der Waals surface area contributed by atoms with E-state index in [1.165, 1.54) is 25.9 Å². The third-order valence-corrected chi connectivity index (χ3v) is 3.87. The van der Waals surface area contributed by atoms with Crippen molar-refractivity contribution in [3.05, 3.63) is 0 Å². The lowest BCUT2D eigenvalue weighted by atomic mass is 9.89. The van der Waals surface area contributed by atoms with Gasteiger partial charge in [0.1, 0.15) is 0 Å². The largest absolute Gasteiger partial charge is 0.313 e. The number of nitrogens with zero attached hydrogens (tertiary/aromatic N) is 1. The van der Waals surface area contributed by atoms with E-state index >= 15 is 0 Å². The Morgan fingerprint density at radius 1 is 1.29 bits per heavy atom. The Bertz CT molecular complexity index is 238. The molecule has 1 unspecified atom stereocenters. The van der Waals surface area contributed by atoms with Gasteiger partial charge in [-0.25, -0.2) is 0 Å².